The highest BCUT2D eigenvalue weighted by atomic mass is 16.3. The fourth-order valence-corrected chi connectivity index (χ4v) is 11.1. The van der Waals surface area contributed by atoms with Gasteiger partial charge in [-0.1, -0.05) is 135 Å². The lowest BCUT2D eigenvalue weighted by Crippen LogP contribution is -2.59. The van der Waals surface area contributed by atoms with Gasteiger partial charge in [-0.2, -0.15) is 0 Å². The van der Waals surface area contributed by atoms with Crippen LogP contribution in [0, 0.1) is 0 Å². The lowest BCUT2D eigenvalue weighted by molar-refractivity contribution is 0.590. The van der Waals surface area contributed by atoms with Crippen LogP contribution in [0.5, 0.6) is 0 Å². The van der Waals surface area contributed by atoms with Crippen molar-refractivity contribution in [1.82, 2.24) is 14.1 Å². The van der Waals surface area contributed by atoms with E-state index in [2.05, 4.69) is 175 Å². The van der Waals surface area contributed by atoms with Gasteiger partial charge in [0.15, 0.2) is 5.58 Å². The molecule has 4 nitrogen and oxygen atoms in total. The van der Waals surface area contributed by atoms with E-state index in [1.54, 1.807) is 0 Å². The number of para-hydroxylation sites is 2. The number of aromatic nitrogens is 3. The van der Waals surface area contributed by atoms with Crippen LogP contribution in [0.15, 0.2) is 132 Å². The fraction of sp³-hybridized carbons (Fsp3) is 0.211. The summed E-state index contributed by atoms with van der Waals surface area (Å²) in [5.74, 6) is 0.636. The molecule has 5 heterocycles. The second-order valence-corrected chi connectivity index (χ2v) is 21.3. The summed E-state index contributed by atoms with van der Waals surface area (Å²) < 4.78 is 11.9. The molecule has 2 aliphatic heterocycles. The molecule has 300 valence electrons. The Morgan fingerprint density at radius 1 is 0.468 bits per heavy atom. The Hall–Kier alpha value is -6.59. The van der Waals surface area contributed by atoms with Crippen LogP contribution in [0.1, 0.15) is 79.0 Å². The Kier molecular flexibility index (Phi) is 6.79. The zero-order chi connectivity index (χ0) is 42.4. The first-order valence-electron chi connectivity index (χ1n) is 22.2. The van der Waals surface area contributed by atoms with Crippen molar-refractivity contribution in [3.05, 3.63) is 144 Å². The van der Waals surface area contributed by atoms with Crippen molar-refractivity contribution in [1.29, 1.82) is 0 Å². The average Bonchev–Trinajstić information content (AvgIpc) is 3.93. The van der Waals surface area contributed by atoms with Gasteiger partial charge in [-0.05, 0) is 125 Å². The minimum atomic E-state index is -0.0715. The van der Waals surface area contributed by atoms with E-state index in [1.165, 1.54) is 110 Å². The molecule has 13 rings (SSSR count). The SMILES string of the molecule is CC(C)(C)c1ccc2c(c1)c1cc(C(C)(C)C)cc3c1n2-c1cc(-c2nc4ccccc4o2)cc2c1B3c1c3ccc4ccccc4c3cc3c4ccc(C(C)(C)C)cc4n-2c13. The van der Waals surface area contributed by atoms with Crippen molar-refractivity contribution in [3.8, 4) is 22.8 Å². The minimum absolute atomic E-state index is 0.00223. The van der Waals surface area contributed by atoms with Crippen LogP contribution in [-0.2, 0) is 16.2 Å². The molecule has 0 fully saturated rings. The molecule has 8 aromatic carbocycles. The molecule has 0 unspecified atom stereocenters. The Labute approximate surface area is 361 Å². The molecule has 11 aromatic rings. The number of hydrogen-bond acceptors (Lipinski definition) is 2. The summed E-state index contributed by atoms with van der Waals surface area (Å²) in [5.41, 5.74) is 18.1. The largest absolute Gasteiger partial charge is 0.436 e. The maximum Gasteiger partial charge on any atom is 0.253 e. The van der Waals surface area contributed by atoms with Crippen LogP contribution in [0.4, 0.5) is 0 Å². The van der Waals surface area contributed by atoms with Gasteiger partial charge in [0.05, 0.1) is 11.0 Å². The van der Waals surface area contributed by atoms with Gasteiger partial charge >= 0.3 is 0 Å². The van der Waals surface area contributed by atoms with E-state index < -0.39 is 0 Å². The third-order valence-electron chi connectivity index (χ3n) is 14.3. The molecule has 0 atom stereocenters. The van der Waals surface area contributed by atoms with E-state index in [0.29, 0.717) is 5.89 Å². The van der Waals surface area contributed by atoms with E-state index in [4.69, 9.17) is 9.40 Å². The number of benzene rings is 8. The Balaban J connectivity index is 1.29. The second kappa shape index (κ2) is 11.7. The van der Waals surface area contributed by atoms with E-state index in [-0.39, 0.29) is 23.0 Å². The minimum Gasteiger partial charge on any atom is -0.436 e. The highest BCUT2D eigenvalue weighted by Crippen LogP contribution is 2.45. The standard InChI is InChI=1S/C57H48BN3O/c1-55(2,3)33-20-23-45-40(26-33)41-27-35(57(7,8)9)28-43-52(41)60(45)47-24-32(54-59-44-16-12-13-17-49(44)62-54)25-48-51(47)58(43)50-38-21-18-31-14-10-11-15-36(31)39(38)30-42-37-22-19-34(56(4,5)6)29-46(37)61(48)53(42)50/h10-30H,1-9H3. The molecule has 0 bridgehead atoms. The van der Waals surface area contributed by atoms with Gasteiger partial charge in [0.1, 0.15) is 5.52 Å². The number of rotatable bonds is 1. The van der Waals surface area contributed by atoms with Gasteiger partial charge in [0.2, 0.25) is 5.89 Å². The van der Waals surface area contributed by atoms with Crippen LogP contribution in [0.2, 0.25) is 0 Å². The Bertz CT molecular complexity index is 3780. The number of oxazole rings is 1. The summed E-state index contributed by atoms with van der Waals surface area (Å²) in [7, 11) is 0. The molecular weight excluding hydrogens is 753 g/mol. The van der Waals surface area contributed by atoms with Gasteiger partial charge in [-0.3, -0.25) is 0 Å². The zero-order valence-electron chi connectivity index (χ0n) is 37.0. The maximum absolute atomic E-state index is 6.65. The molecule has 0 saturated carbocycles. The molecule has 0 aliphatic carbocycles. The van der Waals surface area contributed by atoms with Crippen molar-refractivity contribution in [2.45, 2.75) is 78.6 Å². The zero-order valence-corrected chi connectivity index (χ0v) is 37.0. The summed E-state index contributed by atoms with van der Waals surface area (Å²) in [4.78, 5) is 5.14. The summed E-state index contributed by atoms with van der Waals surface area (Å²) >= 11 is 0. The monoisotopic (exact) mass is 801 g/mol. The van der Waals surface area contributed by atoms with Crippen molar-refractivity contribution in [3.63, 3.8) is 0 Å². The topological polar surface area (TPSA) is 35.9 Å². The van der Waals surface area contributed by atoms with Crippen LogP contribution in [0.3, 0.4) is 0 Å². The fourth-order valence-electron chi connectivity index (χ4n) is 11.1. The molecule has 62 heavy (non-hydrogen) atoms. The summed E-state index contributed by atoms with van der Waals surface area (Å²) in [6.45, 7) is 21.0. The Morgan fingerprint density at radius 3 is 1.87 bits per heavy atom. The third kappa shape index (κ3) is 4.72. The van der Waals surface area contributed by atoms with Gasteiger partial charge < -0.3 is 13.6 Å². The first-order valence-corrected chi connectivity index (χ1v) is 22.2. The molecule has 0 spiro atoms. The quantitative estimate of drug-likeness (QED) is 0.122. The molecule has 0 amide bonds. The first kappa shape index (κ1) is 36.1. The van der Waals surface area contributed by atoms with Crippen molar-refractivity contribution in [2.24, 2.45) is 0 Å². The molecule has 2 aliphatic rings. The average molecular weight is 802 g/mol. The maximum atomic E-state index is 6.65. The van der Waals surface area contributed by atoms with Gasteiger partial charge in [0, 0.05) is 49.5 Å². The summed E-state index contributed by atoms with van der Waals surface area (Å²) in [6.07, 6.45) is 0. The predicted octanol–water partition coefficient (Wildman–Crippen LogP) is 13.0. The molecule has 3 aromatic heterocycles. The lowest BCUT2D eigenvalue weighted by Gasteiger charge is -2.35. The predicted molar refractivity (Wildman–Crippen MR) is 264 cm³/mol. The Morgan fingerprint density at radius 2 is 1.11 bits per heavy atom. The number of fused-ring (bicyclic) bond motifs is 15. The van der Waals surface area contributed by atoms with Crippen molar-refractivity contribution in [2.75, 3.05) is 0 Å². The second-order valence-electron chi connectivity index (χ2n) is 21.3. The van der Waals surface area contributed by atoms with Gasteiger partial charge in [-0.25, -0.2) is 4.98 Å². The molecule has 0 N–H and O–H groups in total. The van der Waals surface area contributed by atoms with E-state index in [0.717, 1.165) is 16.7 Å². The van der Waals surface area contributed by atoms with Gasteiger partial charge in [0.25, 0.3) is 6.71 Å². The summed E-state index contributed by atoms with van der Waals surface area (Å²) in [6, 6.07) is 48.5. The smallest absolute Gasteiger partial charge is 0.253 e. The van der Waals surface area contributed by atoms with E-state index in [1.807, 2.05) is 24.3 Å². The highest BCUT2D eigenvalue weighted by molar-refractivity contribution is 7.01. The molecular formula is C57H48BN3O. The normalized spacial score (nSPS) is 13.9. The van der Waals surface area contributed by atoms with Crippen LogP contribution in [-0.4, -0.2) is 20.8 Å². The number of nitrogens with zero attached hydrogens (tertiary/aromatic N) is 3. The van der Waals surface area contributed by atoms with E-state index in [9.17, 15) is 0 Å². The third-order valence-corrected chi connectivity index (χ3v) is 14.3. The van der Waals surface area contributed by atoms with Crippen LogP contribution >= 0.6 is 0 Å². The molecule has 0 radical (unpaired) electrons. The molecule has 0 saturated heterocycles. The highest BCUT2D eigenvalue weighted by Gasteiger charge is 2.43. The van der Waals surface area contributed by atoms with Crippen molar-refractivity contribution >= 4 is 99.4 Å². The molecule has 5 heteroatoms. The first-order chi connectivity index (χ1) is 29.6. The summed E-state index contributed by atoms with van der Waals surface area (Å²) in [5, 5.41) is 10.4. The van der Waals surface area contributed by atoms with E-state index >= 15 is 0 Å². The van der Waals surface area contributed by atoms with Crippen LogP contribution in [0.25, 0.3) is 99.1 Å². The van der Waals surface area contributed by atoms with Gasteiger partial charge in [-0.15, -0.1) is 0 Å². The van der Waals surface area contributed by atoms with Crippen molar-refractivity contribution < 1.29 is 4.42 Å². The van der Waals surface area contributed by atoms with Crippen LogP contribution < -0.4 is 16.4 Å². The lowest BCUT2D eigenvalue weighted by atomic mass is 9.33. The number of hydrogen-bond donors (Lipinski definition) is 0.